The van der Waals surface area contributed by atoms with Gasteiger partial charge >= 0.3 is 5.97 Å². The topological polar surface area (TPSA) is 351 Å². The van der Waals surface area contributed by atoms with Crippen molar-refractivity contribution in [2.75, 3.05) is 156 Å². The van der Waals surface area contributed by atoms with Gasteiger partial charge < -0.3 is 78.4 Å². The van der Waals surface area contributed by atoms with Crippen molar-refractivity contribution >= 4 is 118 Å². The fourth-order valence-corrected chi connectivity index (χ4v) is 21.1. The molecule has 2 amide bonds. The maximum atomic E-state index is 13.6. The van der Waals surface area contributed by atoms with Crippen molar-refractivity contribution in [2.45, 2.75) is 118 Å². The SMILES string of the molecule is CCc1nn2cc(C)c(N3CC4(CN(C(=O)C(O)CO)C4)C3)cc2c1N(C)c1nc(-c2ccc(F)cc2)c(C#N)s1.CCc1nn2cc(C)c(N3CC4(CN(C(=O)C5COC(C)(C)O5)C4)C3)cc2c1N(C)c1nc(-c2ccc(F)cc2)c(C#N)s1.CCc1nn2cc(C)c(N3CC4(CNC4)C3)nc2c1N(C)c1nc(-c2ccc(F)cc2)c(C#N)s1.COC(=O)C1COC(C)(C)O1. The molecule has 12 aromatic rings. The predicted octanol–water partition coefficient (Wildman–Crippen LogP) is 12.2. The number of aliphatic hydroxyl groups is 2. The van der Waals surface area contributed by atoms with Gasteiger partial charge in [-0.1, -0.05) is 54.8 Å². The maximum Gasteiger partial charge on any atom is 0.337 e. The molecule has 3 atom stereocenters. The summed E-state index contributed by atoms with van der Waals surface area (Å²) in [5.41, 5.74) is 17.9. The number of nitriles is 3. The van der Waals surface area contributed by atoms with Crippen LogP contribution in [0.4, 0.5) is 62.8 Å². The standard InChI is InChI=1S/C32H34FN7O3S.C29H30FN7O3S.C25H25FN8S.C7H12O4/c1-6-22-28(37(5)30-35-27(26(12-34)44-30)20-7-9-21(33)10-8-20)24-11-23(19(2)13-40(24)36-22)38-15-32(16-38)17-39(18-32)29(41)25-14-42-31(3,4)43-25;1-4-20-26(34(3)28-32-25(24(10-31)41-28)18-5-7-19(30)8-6-18)22-9-21(17(2)11-37(22)33-20)35-13-29(14-35)15-36(16-29)27(40)23(39)12-38;1-4-18-21(32(3)24-29-20(19(9-27)35-24)16-5-7-17(26)8-6-16)23-30-22(15(2)10-34(23)31-18)33-13-25(14-33)11-28-12-25;1-7(2)10-4-5(11-7)6(8)9-3/h7-11,13,25H,6,14-18H2,1-5H3;5-9,11,23,38-39H,4,12-16H2,1-3H3;5-8,10,28H,4,11-14H2,1-3H3;5H,4H2,1-3H3. The molecule has 17 heterocycles. The first-order valence-electron chi connectivity index (χ1n) is 43.3. The summed E-state index contributed by atoms with van der Waals surface area (Å²) in [6.07, 6.45) is 5.85. The molecular weight excluding hydrogens is 1740 g/mol. The third-order valence-electron chi connectivity index (χ3n) is 25.2. The predicted molar refractivity (Wildman–Crippen MR) is 491 cm³/mol. The second-order valence-corrected chi connectivity index (χ2v) is 38.7. The summed E-state index contributed by atoms with van der Waals surface area (Å²) in [5, 5.41) is 68.1. The van der Waals surface area contributed by atoms with E-state index in [0.29, 0.717) is 95.3 Å². The number of carbonyl (C=O) groups excluding carboxylic acids is 3. The number of carbonyl (C=O) groups is 3. The third kappa shape index (κ3) is 17.3. The average Bonchev–Trinajstić information content (AvgIpc) is 1.66. The van der Waals surface area contributed by atoms with Gasteiger partial charge in [0.15, 0.2) is 50.9 Å². The van der Waals surface area contributed by atoms with Gasteiger partial charge in [-0.2, -0.15) is 31.1 Å². The first kappa shape index (κ1) is 90.7. The highest BCUT2D eigenvalue weighted by Crippen LogP contribution is 2.50. The van der Waals surface area contributed by atoms with E-state index in [4.69, 9.17) is 59.3 Å². The van der Waals surface area contributed by atoms with Crippen LogP contribution in [0.1, 0.15) is 96.9 Å². The van der Waals surface area contributed by atoms with Gasteiger partial charge in [0.05, 0.1) is 66.4 Å². The largest absolute Gasteiger partial charge is 0.467 e. The van der Waals surface area contributed by atoms with Gasteiger partial charge in [-0.3, -0.25) is 9.59 Å². The van der Waals surface area contributed by atoms with Crippen LogP contribution < -0.4 is 34.7 Å². The average molecular weight is 1840 g/mol. The van der Waals surface area contributed by atoms with E-state index in [-0.39, 0.29) is 46.8 Å². The Kier molecular flexibility index (Phi) is 24.5. The van der Waals surface area contributed by atoms with E-state index in [2.05, 4.69) is 103 Å². The van der Waals surface area contributed by atoms with E-state index in [0.717, 1.165) is 163 Å². The highest BCUT2D eigenvalue weighted by Gasteiger charge is 2.57. The normalized spacial score (nSPS) is 18.6. The first-order chi connectivity index (χ1) is 62.6. The molecule has 682 valence electrons. The number of nitrogens with zero attached hydrogens (tertiary/aromatic N) is 21. The Morgan fingerprint density at radius 3 is 1.27 bits per heavy atom. The van der Waals surface area contributed by atoms with Crippen LogP contribution in [0.5, 0.6) is 0 Å². The Labute approximate surface area is 766 Å². The highest BCUT2D eigenvalue weighted by molar-refractivity contribution is 7.17. The lowest BCUT2D eigenvalue weighted by Gasteiger charge is -2.61. The Balaban J connectivity index is 0.000000130. The fourth-order valence-electron chi connectivity index (χ4n) is 18.5. The van der Waals surface area contributed by atoms with E-state index in [1.807, 2.05) is 80.5 Å². The van der Waals surface area contributed by atoms with E-state index in [9.17, 15) is 48.4 Å². The number of fused-ring (bicyclic) bond motifs is 3. The van der Waals surface area contributed by atoms with Crippen LogP contribution in [-0.4, -0.2) is 243 Å². The first-order valence-corrected chi connectivity index (χ1v) is 45.8. The van der Waals surface area contributed by atoms with Crippen molar-refractivity contribution in [3.8, 4) is 52.0 Å². The summed E-state index contributed by atoms with van der Waals surface area (Å²) in [6, 6.07) is 29.2. The summed E-state index contributed by atoms with van der Waals surface area (Å²) in [4.78, 5) is 73.3. The summed E-state index contributed by atoms with van der Waals surface area (Å²) in [5.74, 6) is -2.16. The number of aryl methyl sites for hydroxylation is 6. The summed E-state index contributed by atoms with van der Waals surface area (Å²) in [6.45, 7) is 29.8. The minimum atomic E-state index is -1.35. The van der Waals surface area contributed by atoms with Crippen molar-refractivity contribution in [1.82, 2.24) is 63.9 Å². The molecule has 20 rings (SSSR count). The number of methoxy groups -OCH3 is 1. The number of hydrogen-bond donors (Lipinski definition) is 3. The van der Waals surface area contributed by atoms with Crippen LogP contribution in [-0.2, 0) is 57.3 Å². The second kappa shape index (κ2) is 35.5. The molecule has 9 aromatic heterocycles. The Morgan fingerprint density at radius 2 is 0.908 bits per heavy atom. The molecule has 131 heavy (non-hydrogen) atoms. The smallest absolute Gasteiger partial charge is 0.337 e. The third-order valence-corrected chi connectivity index (χ3v) is 28.3. The number of hydrogen-bond acceptors (Lipinski definition) is 30. The Hall–Kier alpha value is -12.3. The summed E-state index contributed by atoms with van der Waals surface area (Å²) < 4.78 is 72.4. The summed E-state index contributed by atoms with van der Waals surface area (Å²) in [7, 11) is 7.13. The van der Waals surface area contributed by atoms with E-state index in [1.54, 1.807) is 55.1 Å². The lowest BCUT2D eigenvalue weighted by molar-refractivity contribution is -0.169. The van der Waals surface area contributed by atoms with E-state index in [1.165, 1.54) is 77.5 Å². The number of nitrogens with one attached hydrogen (secondary N) is 1. The number of esters is 1. The molecule has 0 radical (unpaired) electrons. The number of amides is 2. The molecule has 3 N–H and O–H groups in total. The highest BCUT2D eigenvalue weighted by atomic mass is 32.1. The number of anilines is 9. The zero-order valence-electron chi connectivity index (χ0n) is 75.2. The van der Waals surface area contributed by atoms with Gasteiger partial charge in [0.25, 0.3) is 11.8 Å². The minimum Gasteiger partial charge on any atom is -0.467 e. The number of halogens is 3. The molecule has 0 aliphatic carbocycles. The van der Waals surface area contributed by atoms with Crippen LogP contribution in [0.15, 0.2) is 104 Å². The molecule has 8 saturated heterocycles. The van der Waals surface area contributed by atoms with Crippen molar-refractivity contribution in [3.63, 3.8) is 0 Å². The molecular formula is C93H101F3N22O10S3. The number of likely N-dealkylation sites (tertiary alicyclic amines) is 2. The molecule has 3 aromatic carbocycles. The number of aliphatic hydroxyl groups excluding tert-OH is 2. The molecule has 8 aliphatic rings. The number of ether oxygens (including phenoxy) is 5. The van der Waals surface area contributed by atoms with Gasteiger partial charge in [0.1, 0.15) is 78.9 Å². The van der Waals surface area contributed by atoms with Gasteiger partial charge in [0, 0.05) is 168 Å². The number of benzene rings is 3. The van der Waals surface area contributed by atoms with Crippen LogP contribution in [0.3, 0.4) is 0 Å². The monoisotopic (exact) mass is 1840 g/mol. The molecule has 32 nitrogen and oxygen atoms in total. The number of aromatic nitrogens is 10. The van der Waals surface area contributed by atoms with Crippen molar-refractivity contribution in [3.05, 3.63) is 169 Å². The van der Waals surface area contributed by atoms with Gasteiger partial charge in [0.2, 0.25) is 0 Å². The zero-order chi connectivity index (χ0) is 92.8. The minimum absolute atomic E-state index is 0.00316. The molecule has 3 unspecified atom stereocenters. The van der Waals surface area contributed by atoms with Gasteiger partial charge in [-0.15, -0.1) is 0 Å². The molecule has 0 saturated carbocycles. The van der Waals surface area contributed by atoms with Gasteiger partial charge in [-0.25, -0.2) is 51.4 Å². The molecule has 3 spiro atoms. The number of thiazole rings is 3. The van der Waals surface area contributed by atoms with Crippen molar-refractivity contribution in [1.29, 1.82) is 15.8 Å². The van der Waals surface area contributed by atoms with Crippen LogP contribution in [0, 0.1) is 88.5 Å². The molecule has 8 aliphatic heterocycles. The number of rotatable bonds is 19. The number of pyridine rings is 2. The Bertz CT molecular complexity index is 6530. The van der Waals surface area contributed by atoms with Crippen LogP contribution in [0.2, 0.25) is 0 Å². The van der Waals surface area contributed by atoms with Crippen molar-refractivity contribution in [2.24, 2.45) is 16.2 Å². The van der Waals surface area contributed by atoms with Gasteiger partial charge in [-0.05, 0) is 164 Å². The maximum absolute atomic E-state index is 13.6. The van der Waals surface area contributed by atoms with E-state index < -0.39 is 42.4 Å². The quantitative estimate of drug-likeness (QED) is 0.0633. The van der Waals surface area contributed by atoms with Crippen LogP contribution in [0.25, 0.3) is 50.5 Å². The lowest BCUT2D eigenvalue weighted by Crippen LogP contribution is -2.74. The van der Waals surface area contributed by atoms with Crippen LogP contribution >= 0.6 is 34.0 Å². The van der Waals surface area contributed by atoms with E-state index >= 15 is 0 Å². The molecule has 0 bridgehead atoms. The zero-order valence-corrected chi connectivity index (χ0v) is 77.6. The second-order valence-electron chi connectivity index (χ2n) is 35.8. The Morgan fingerprint density at radius 1 is 0.534 bits per heavy atom. The molecule has 8 fully saturated rings. The lowest BCUT2D eigenvalue weighted by atomic mass is 9.72. The molecule has 38 heteroatoms. The fraction of sp³-hybridized carbons (Fsp3) is 0.430. The summed E-state index contributed by atoms with van der Waals surface area (Å²) >= 11 is 3.90. The van der Waals surface area contributed by atoms with Crippen molar-refractivity contribution < 1.29 is 61.5 Å².